The van der Waals surface area contributed by atoms with E-state index in [-0.39, 0.29) is 5.41 Å². The number of aromatic nitrogens is 2. The molecule has 0 N–H and O–H groups in total. The van der Waals surface area contributed by atoms with Crippen LogP contribution in [0.2, 0.25) is 0 Å². The van der Waals surface area contributed by atoms with Gasteiger partial charge in [-0.15, -0.1) is 0 Å². The smallest absolute Gasteiger partial charge is 0.119 e. The third kappa shape index (κ3) is 14.9. The molecule has 1 aliphatic carbocycles. The fraction of sp³-hybridized carbons (Fsp3) is 0.200. The Morgan fingerprint density at radius 1 is 0.218 bits per heavy atom. The lowest BCUT2D eigenvalue weighted by atomic mass is 9.70. The standard InChI is InChI=1S/C105H100N6O8/c1-11-13-15-17-63-105(64-18-16-14-12-2)99-69-83(110-101-59-37-79(106(71-19-41-85(112-3)42-20-71)72-21-43-86(113-4)44-22-72)65-95(101)96-66-80(38-60-102(96)110)107(73-23-45-87(114-5)46-24-73)74-25-47-88(115-6)48-26-74)35-57-93(99)94-58-36-84(70-100(94)105)111-103-61-39-81(108(75-27-49-89(116-7)50-28-75)76-29-51-90(117-8)52-30-76)67-97(103)98-68-82(40-62-104(98)111)109(77-31-53-91(118-9)54-32-77)78-33-55-92(119-10)56-34-78/h19-62,65-70H,11-18,63-64H2,1-10H3. The normalized spacial score (nSPS) is 12.0. The quantitative estimate of drug-likeness (QED) is 0.0376. The Labute approximate surface area is 697 Å². The van der Waals surface area contributed by atoms with E-state index in [2.05, 4.69) is 249 Å². The van der Waals surface area contributed by atoms with E-state index < -0.39 is 0 Å². The maximum atomic E-state index is 5.74. The second kappa shape index (κ2) is 34.2. The second-order valence-electron chi connectivity index (χ2n) is 30.6. The number of benzene rings is 14. The van der Waals surface area contributed by atoms with E-state index in [0.717, 1.165) is 221 Å². The van der Waals surface area contributed by atoms with Gasteiger partial charge in [0.1, 0.15) is 46.0 Å². The van der Waals surface area contributed by atoms with E-state index >= 15 is 0 Å². The van der Waals surface area contributed by atoms with Crippen molar-refractivity contribution in [2.24, 2.45) is 0 Å². The van der Waals surface area contributed by atoms with Gasteiger partial charge in [-0.05, 0) is 326 Å². The van der Waals surface area contributed by atoms with E-state index in [4.69, 9.17) is 37.9 Å². The van der Waals surface area contributed by atoms with Crippen molar-refractivity contribution < 1.29 is 37.9 Å². The van der Waals surface area contributed by atoms with Crippen molar-refractivity contribution in [3.8, 4) is 68.5 Å². The highest BCUT2D eigenvalue weighted by atomic mass is 16.5. The molecule has 0 amide bonds. The minimum Gasteiger partial charge on any atom is -0.497 e. The zero-order chi connectivity index (χ0) is 81.7. The van der Waals surface area contributed by atoms with Crippen LogP contribution < -0.4 is 57.5 Å². The van der Waals surface area contributed by atoms with Crippen LogP contribution in [0.4, 0.5) is 68.2 Å². The lowest BCUT2D eigenvalue weighted by molar-refractivity contribution is 0.401. The van der Waals surface area contributed by atoms with E-state index in [0.29, 0.717) is 0 Å². The molecule has 14 aromatic carbocycles. The van der Waals surface area contributed by atoms with Gasteiger partial charge < -0.3 is 66.6 Å². The molecule has 0 saturated heterocycles. The third-order valence-electron chi connectivity index (χ3n) is 23.9. The fourth-order valence-electron chi connectivity index (χ4n) is 17.9. The van der Waals surface area contributed by atoms with E-state index in [9.17, 15) is 0 Å². The predicted molar refractivity (Wildman–Crippen MR) is 490 cm³/mol. The monoisotopic (exact) mass is 1570 g/mol. The van der Waals surface area contributed by atoms with Gasteiger partial charge in [-0.1, -0.05) is 77.3 Å². The summed E-state index contributed by atoms with van der Waals surface area (Å²) in [4.78, 5) is 9.26. The summed E-state index contributed by atoms with van der Waals surface area (Å²) in [6.07, 6.45) is 11.1. The average molecular weight is 1570 g/mol. The molecule has 0 unspecified atom stereocenters. The van der Waals surface area contributed by atoms with Gasteiger partial charge >= 0.3 is 0 Å². The van der Waals surface area contributed by atoms with Gasteiger partial charge in [0.15, 0.2) is 0 Å². The summed E-state index contributed by atoms with van der Waals surface area (Å²) in [5.74, 6) is 6.25. The van der Waals surface area contributed by atoms with Crippen molar-refractivity contribution in [2.45, 2.75) is 83.5 Å². The summed E-state index contributed by atoms with van der Waals surface area (Å²) in [6.45, 7) is 4.65. The van der Waals surface area contributed by atoms with Gasteiger partial charge in [-0.2, -0.15) is 0 Å². The van der Waals surface area contributed by atoms with Crippen LogP contribution in [0.15, 0.2) is 303 Å². The van der Waals surface area contributed by atoms with Crippen LogP contribution in [0, 0.1) is 0 Å². The number of methoxy groups -OCH3 is 8. The van der Waals surface area contributed by atoms with Crippen LogP contribution in [0.3, 0.4) is 0 Å². The summed E-state index contributed by atoms with van der Waals surface area (Å²) in [6, 6.07) is 109. The fourth-order valence-corrected chi connectivity index (χ4v) is 17.9. The molecule has 0 saturated carbocycles. The van der Waals surface area contributed by atoms with E-state index in [1.54, 1.807) is 56.9 Å². The molecule has 0 atom stereocenters. The number of nitrogens with zero attached hydrogens (tertiary/aromatic N) is 6. The maximum absolute atomic E-state index is 5.74. The van der Waals surface area contributed by atoms with Crippen molar-refractivity contribution >= 4 is 112 Å². The van der Waals surface area contributed by atoms with Crippen molar-refractivity contribution in [3.63, 3.8) is 0 Å². The number of hydrogen-bond acceptors (Lipinski definition) is 12. The van der Waals surface area contributed by atoms with E-state index in [1.165, 1.54) is 35.1 Å². The summed E-state index contributed by atoms with van der Waals surface area (Å²) in [5.41, 5.74) is 23.4. The highest BCUT2D eigenvalue weighted by Crippen LogP contribution is 2.57. The zero-order valence-corrected chi connectivity index (χ0v) is 69.4. The Bertz CT molecular complexity index is 5360. The maximum Gasteiger partial charge on any atom is 0.119 e. The van der Waals surface area contributed by atoms with Gasteiger partial charge in [-0.25, -0.2) is 0 Å². The van der Waals surface area contributed by atoms with E-state index in [1.807, 2.05) is 97.1 Å². The van der Waals surface area contributed by atoms with Crippen LogP contribution in [0.1, 0.15) is 89.2 Å². The Hall–Kier alpha value is -13.7. The lowest BCUT2D eigenvalue weighted by Crippen LogP contribution is -2.26. The molecule has 2 aromatic heterocycles. The predicted octanol–water partition coefficient (Wildman–Crippen LogP) is 28.0. The Kier molecular flexibility index (Phi) is 22.4. The molecular formula is C105H100N6O8. The summed E-state index contributed by atoms with van der Waals surface area (Å²) in [7, 11) is 13.7. The highest BCUT2D eigenvalue weighted by molar-refractivity contribution is 6.14. The summed E-state index contributed by atoms with van der Waals surface area (Å²) < 4.78 is 50.9. The van der Waals surface area contributed by atoms with Gasteiger partial charge in [0, 0.05) is 107 Å². The lowest BCUT2D eigenvalue weighted by Gasteiger charge is -2.33. The number of rotatable bonds is 32. The first-order chi connectivity index (χ1) is 58.5. The molecule has 0 aliphatic heterocycles. The molecule has 1 aliphatic rings. The number of hydrogen-bond donors (Lipinski definition) is 0. The number of anilines is 12. The molecule has 2 heterocycles. The molecule has 0 fully saturated rings. The number of fused-ring (bicyclic) bond motifs is 9. The van der Waals surface area contributed by atoms with Gasteiger partial charge in [0.2, 0.25) is 0 Å². The van der Waals surface area contributed by atoms with Crippen LogP contribution >= 0.6 is 0 Å². The van der Waals surface area contributed by atoms with Crippen molar-refractivity contribution in [3.05, 3.63) is 314 Å². The topological polar surface area (TPSA) is 96.7 Å². The average Bonchev–Trinajstić information content (AvgIpc) is 1.55. The molecule has 16 aromatic rings. The minimum absolute atomic E-state index is 0.348. The molecule has 0 radical (unpaired) electrons. The first-order valence-corrected chi connectivity index (χ1v) is 41.3. The Balaban J connectivity index is 0.874. The molecular weight excluding hydrogens is 1470 g/mol. The van der Waals surface area contributed by atoms with Crippen molar-refractivity contribution in [1.82, 2.24) is 9.13 Å². The van der Waals surface area contributed by atoms with Crippen LogP contribution in [-0.4, -0.2) is 66.0 Å². The first-order valence-electron chi connectivity index (χ1n) is 41.3. The van der Waals surface area contributed by atoms with Crippen LogP contribution in [0.25, 0.3) is 66.1 Å². The first kappa shape index (κ1) is 77.8. The summed E-state index contributed by atoms with van der Waals surface area (Å²) in [5, 5.41) is 4.40. The van der Waals surface area contributed by atoms with Gasteiger partial charge in [0.05, 0.1) is 78.9 Å². The molecule has 598 valence electrons. The molecule has 0 spiro atoms. The van der Waals surface area contributed by atoms with Gasteiger partial charge in [-0.3, -0.25) is 0 Å². The molecule has 14 heteroatoms. The van der Waals surface area contributed by atoms with Crippen molar-refractivity contribution in [2.75, 3.05) is 76.5 Å². The van der Waals surface area contributed by atoms with Crippen LogP contribution in [-0.2, 0) is 5.41 Å². The van der Waals surface area contributed by atoms with Crippen molar-refractivity contribution in [1.29, 1.82) is 0 Å². The zero-order valence-electron chi connectivity index (χ0n) is 69.4. The highest BCUT2D eigenvalue weighted by Gasteiger charge is 2.43. The second-order valence-corrected chi connectivity index (χ2v) is 30.6. The largest absolute Gasteiger partial charge is 0.497 e. The Morgan fingerprint density at radius 3 is 0.613 bits per heavy atom. The van der Waals surface area contributed by atoms with Gasteiger partial charge in [0.25, 0.3) is 0 Å². The molecule has 119 heavy (non-hydrogen) atoms. The number of ether oxygens (including phenoxy) is 8. The van der Waals surface area contributed by atoms with Crippen LogP contribution in [0.5, 0.6) is 46.0 Å². The third-order valence-corrected chi connectivity index (χ3v) is 23.9. The summed E-state index contributed by atoms with van der Waals surface area (Å²) >= 11 is 0. The minimum atomic E-state index is -0.348. The molecule has 14 nitrogen and oxygen atoms in total. The Morgan fingerprint density at radius 2 is 0.420 bits per heavy atom. The SMILES string of the molecule is CCCCCCC1(CCCCCC)c2cc(-n3c4ccc(N(c5ccc(OC)cc5)c5ccc(OC)cc5)cc4c4cc(N(c5ccc(OC)cc5)c5ccc(OC)cc5)ccc43)ccc2-c2ccc(-n3c4ccc(N(c5ccc(OC)cc5)c5ccc(OC)cc5)cc4c4cc(N(c5ccc(OC)cc5)c5ccc(OC)cc5)ccc43)cc21. The molecule has 17 rings (SSSR count). The number of unbranched alkanes of at least 4 members (excludes halogenated alkanes) is 6. The molecule has 0 bridgehead atoms.